The Morgan fingerprint density at radius 1 is 0.667 bits per heavy atom. The zero-order chi connectivity index (χ0) is 29.5. The Labute approximate surface area is 255 Å². The van der Waals surface area contributed by atoms with E-state index in [1.807, 2.05) is 0 Å². The van der Waals surface area contributed by atoms with Crippen molar-refractivity contribution in [2.45, 2.75) is 96.7 Å². The first-order valence-electron chi connectivity index (χ1n) is 16.0. The molecule has 0 saturated heterocycles. The Bertz CT molecular complexity index is 1340. The van der Waals surface area contributed by atoms with Crippen molar-refractivity contribution in [2.24, 2.45) is 27.4 Å². The highest BCUT2D eigenvalue weighted by molar-refractivity contribution is 6.55. The molecule has 3 aromatic rings. The highest BCUT2D eigenvalue weighted by Crippen LogP contribution is 2.57. The summed E-state index contributed by atoms with van der Waals surface area (Å²) in [7, 11) is -1.80. The number of hydrogen-bond donors (Lipinski definition) is 0. The summed E-state index contributed by atoms with van der Waals surface area (Å²) in [6, 6.07) is 32.8. The Balaban J connectivity index is 1.64. The van der Waals surface area contributed by atoms with E-state index >= 15 is 0 Å². The van der Waals surface area contributed by atoms with Crippen molar-refractivity contribution < 1.29 is 0 Å². The van der Waals surface area contributed by atoms with Crippen LogP contribution in [0.3, 0.4) is 0 Å². The van der Waals surface area contributed by atoms with Crippen LogP contribution in [-0.2, 0) is 0 Å². The molecule has 0 aliphatic heterocycles. The number of benzene rings is 3. The molecule has 0 aromatic heterocycles. The molecule has 4 nitrogen and oxygen atoms in total. The van der Waals surface area contributed by atoms with Gasteiger partial charge in [-0.15, -0.1) is 0 Å². The third-order valence-electron chi connectivity index (χ3n) is 9.13. The van der Waals surface area contributed by atoms with E-state index < -0.39 is 8.91 Å². The van der Waals surface area contributed by atoms with Gasteiger partial charge in [0.2, 0.25) is 0 Å². The molecule has 4 aliphatic carbocycles. The molecule has 0 spiro atoms. The molecule has 3 aromatic carbocycles. The van der Waals surface area contributed by atoms with Crippen LogP contribution in [0.15, 0.2) is 101 Å². The van der Waals surface area contributed by atoms with Crippen LogP contribution in [0.1, 0.15) is 85.6 Å². The third-order valence-corrected chi connectivity index (χ3v) is 12.0. The molecule has 5 heteroatoms. The van der Waals surface area contributed by atoms with Crippen molar-refractivity contribution in [2.75, 3.05) is 4.57 Å². The SMILES string of the molecule is CC(C)(C)N=C(c1ccccc1)N([Si](=NC12CC3CC(CC(C3)C1)C2)N(c1ccccc1)c1ccccc1)C(C)(C)C. The minimum Gasteiger partial charge on any atom is -0.327 e. The smallest absolute Gasteiger partial charge is 0.327 e. The predicted molar refractivity (Wildman–Crippen MR) is 178 cm³/mol. The van der Waals surface area contributed by atoms with E-state index in [9.17, 15) is 0 Å². The average Bonchev–Trinajstić information content (AvgIpc) is 2.92. The molecule has 4 saturated carbocycles. The van der Waals surface area contributed by atoms with Crippen LogP contribution in [0.2, 0.25) is 0 Å². The molecule has 7 rings (SSSR count). The van der Waals surface area contributed by atoms with Gasteiger partial charge >= 0.3 is 8.91 Å². The van der Waals surface area contributed by atoms with Crippen molar-refractivity contribution >= 4 is 26.1 Å². The molecule has 4 fully saturated rings. The lowest BCUT2D eigenvalue weighted by Gasteiger charge is -2.56. The van der Waals surface area contributed by atoms with E-state index in [4.69, 9.17) is 9.63 Å². The van der Waals surface area contributed by atoms with Gasteiger partial charge in [-0.3, -0.25) is 9.63 Å². The number of para-hydroxylation sites is 2. The highest BCUT2D eigenvalue weighted by atomic mass is 28.3. The lowest BCUT2D eigenvalue weighted by molar-refractivity contribution is 0.00170. The number of hydrogen-bond acceptors (Lipinski definition) is 2. The van der Waals surface area contributed by atoms with Crippen molar-refractivity contribution in [3.05, 3.63) is 96.6 Å². The van der Waals surface area contributed by atoms with Crippen LogP contribution >= 0.6 is 0 Å². The summed E-state index contributed by atoms with van der Waals surface area (Å²) in [5, 5.41) is 0. The third kappa shape index (κ3) is 6.17. The molecule has 4 aliphatic rings. The quantitative estimate of drug-likeness (QED) is 0.166. The van der Waals surface area contributed by atoms with Crippen molar-refractivity contribution in [3.63, 3.8) is 0 Å². The maximum Gasteiger partial charge on any atom is 0.385 e. The highest BCUT2D eigenvalue weighted by Gasteiger charge is 2.52. The number of rotatable bonds is 6. The van der Waals surface area contributed by atoms with Crippen LogP contribution in [0.4, 0.5) is 11.4 Å². The summed E-state index contributed by atoms with van der Waals surface area (Å²) in [4.78, 5) is 5.51. The second-order valence-electron chi connectivity index (χ2n) is 15.0. The van der Waals surface area contributed by atoms with Crippen molar-refractivity contribution in [3.8, 4) is 0 Å². The Morgan fingerprint density at radius 3 is 1.50 bits per heavy atom. The minimum absolute atomic E-state index is 0.0535. The summed E-state index contributed by atoms with van der Waals surface area (Å²) in [5.74, 6) is 3.56. The first kappa shape index (κ1) is 29.0. The van der Waals surface area contributed by atoms with Gasteiger partial charge in [0.05, 0.1) is 11.1 Å². The lowest BCUT2D eigenvalue weighted by Crippen LogP contribution is -2.59. The van der Waals surface area contributed by atoms with E-state index in [1.54, 1.807) is 0 Å². The number of nitrogens with zero attached hydrogens (tertiary/aromatic N) is 4. The normalized spacial score (nSPS) is 25.9. The van der Waals surface area contributed by atoms with Gasteiger partial charge < -0.3 is 9.13 Å². The minimum atomic E-state index is -1.80. The van der Waals surface area contributed by atoms with Gasteiger partial charge in [-0.1, -0.05) is 66.7 Å². The fourth-order valence-electron chi connectivity index (χ4n) is 8.01. The van der Waals surface area contributed by atoms with E-state index in [0.29, 0.717) is 0 Å². The molecule has 220 valence electrons. The maximum atomic E-state index is 6.24. The van der Waals surface area contributed by atoms with E-state index in [-0.39, 0.29) is 16.6 Å². The number of amidine groups is 1. The molecule has 0 unspecified atom stereocenters. The molecule has 0 radical (unpaired) electrons. The van der Waals surface area contributed by atoms with Crippen LogP contribution < -0.4 is 4.57 Å². The van der Waals surface area contributed by atoms with Crippen LogP contribution in [-0.4, -0.2) is 35.9 Å². The molecular formula is C37H48N4Si. The van der Waals surface area contributed by atoms with Crippen LogP contribution in [0, 0.1) is 17.8 Å². The fourth-order valence-corrected chi connectivity index (χ4v) is 10.8. The summed E-state index contributed by atoms with van der Waals surface area (Å²) >= 11 is 0. The first-order chi connectivity index (χ1) is 20.0. The summed E-state index contributed by atoms with van der Waals surface area (Å²) in [6.45, 7) is 13.7. The van der Waals surface area contributed by atoms with E-state index in [2.05, 4.69) is 142 Å². The Morgan fingerprint density at radius 2 is 1.10 bits per heavy atom. The monoisotopic (exact) mass is 576 g/mol. The van der Waals surface area contributed by atoms with Gasteiger partial charge in [0.15, 0.2) is 0 Å². The summed E-state index contributed by atoms with van der Waals surface area (Å²) < 4.78 is 11.5. The first-order valence-corrected chi connectivity index (χ1v) is 17.3. The molecule has 0 N–H and O–H groups in total. The Hall–Kier alpha value is -3.05. The topological polar surface area (TPSA) is 31.2 Å². The molecule has 42 heavy (non-hydrogen) atoms. The average molecular weight is 577 g/mol. The zero-order valence-corrected chi connectivity index (χ0v) is 27.4. The van der Waals surface area contributed by atoms with Gasteiger partial charge in [0, 0.05) is 22.5 Å². The molecule has 4 bridgehead atoms. The van der Waals surface area contributed by atoms with E-state index in [1.165, 1.54) is 49.9 Å². The second-order valence-corrected chi connectivity index (χ2v) is 16.8. The van der Waals surface area contributed by atoms with Gasteiger partial charge in [-0.05, 0) is 122 Å². The predicted octanol–water partition coefficient (Wildman–Crippen LogP) is 9.39. The fraction of sp³-hybridized carbons (Fsp3) is 0.486. The van der Waals surface area contributed by atoms with E-state index in [0.717, 1.165) is 29.2 Å². The summed E-state index contributed by atoms with van der Waals surface area (Å²) in [5.41, 5.74) is 3.14. The van der Waals surface area contributed by atoms with Crippen molar-refractivity contribution in [1.82, 2.24) is 4.57 Å². The molecule has 0 atom stereocenters. The maximum absolute atomic E-state index is 6.24. The van der Waals surface area contributed by atoms with Crippen LogP contribution in [0.5, 0.6) is 0 Å². The van der Waals surface area contributed by atoms with Crippen LogP contribution in [0.25, 0.3) is 0 Å². The molecule has 0 amide bonds. The van der Waals surface area contributed by atoms with Gasteiger partial charge in [-0.2, -0.15) is 0 Å². The van der Waals surface area contributed by atoms with Gasteiger partial charge in [-0.25, -0.2) is 0 Å². The lowest BCUT2D eigenvalue weighted by atomic mass is 9.53. The number of anilines is 2. The largest absolute Gasteiger partial charge is 0.385 e. The number of aliphatic imine (C=N–C) groups is 1. The Kier molecular flexibility index (Phi) is 7.76. The second kappa shape index (κ2) is 11.2. The zero-order valence-electron chi connectivity index (χ0n) is 26.4. The molecular weight excluding hydrogens is 529 g/mol. The van der Waals surface area contributed by atoms with Gasteiger partial charge in [0.1, 0.15) is 5.84 Å². The summed E-state index contributed by atoms with van der Waals surface area (Å²) in [6.07, 6.45) is 8.00. The van der Waals surface area contributed by atoms with Crippen molar-refractivity contribution in [1.29, 1.82) is 0 Å². The molecule has 0 heterocycles. The van der Waals surface area contributed by atoms with Gasteiger partial charge in [0.25, 0.3) is 0 Å². The standard InChI is InChI=1S/C37H48N4Si/c1-35(2,3)38-34(31-16-10-7-11-17-31)41(36(4,5)6)42(39-37-25-28-22-29(26-37)24-30(23-28)27-37)40(32-18-12-8-13-19-32)33-20-14-9-15-21-33/h7-21,28-30H,22-27H2,1-6H3.